The molecule has 4 rings (SSSR count). The first-order valence-corrected chi connectivity index (χ1v) is 9.36. The van der Waals surface area contributed by atoms with Crippen molar-refractivity contribution < 1.29 is 9.21 Å². The maximum Gasteiger partial charge on any atom is 0.420 e. The fourth-order valence-electron chi connectivity index (χ4n) is 3.08. The van der Waals surface area contributed by atoms with Crippen LogP contribution in [0, 0.1) is 0 Å². The summed E-state index contributed by atoms with van der Waals surface area (Å²) < 4.78 is 8.58. The van der Waals surface area contributed by atoms with Gasteiger partial charge in [0.1, 0.15) is 12.7 Å². The van der Waals surface area contributed by atoms with Gasteiger partial charge >= 0.3 is 5.76 Å². The average Bonchev–Trinajstić information content (AvgIpc) is 3.16. The molecule has 2 heterocycles. The Hall–Kier alpha value is -2.75. The van der Waals surface area contributed by atoms with Crippen LogP contribution in [-0.2, 0) is 11.3 Å². The third kappa shape index (κ3) is 3.32. The van der Waals surface area contributed by atoms with Crippen molar-refractivity contribution in [1.82, 2.24) is 9.88 Å². The van der Waals surface area contributed by atoms with E-state index < -0.39 is 5.76 Å². The first-order valence-electron chi connectivity index (χ1n) is 8.40. The van der Waals surface area contributed by atoms with E-state index in [1.807, 2.05) is 27.4 Å². The number of hydrogen-bond acceptors (Lipinski definition) is 5. The van der Waals surface area contributed by atoms with Crippen molar-refractivity contribution in [1.29, 1.82) is 0 Å². The molecule has 0 spiro atoms. The first-order chi connectivity index (χ1) is 13.1. The molecule has 0 saturated heterocycles. The zero-order valence-corrected chi connectivity index (χ0v) is 16.5. The van der Waals surface area contributed by atoms with Gasteiger partial charge in [-0.15, -0.1) is 0 Å². The van der Waals surface area contributed by atoms with Crippen LogP contribution in [-0.4, -0.2) is 23.2 Å². The molecule has 7 nitrogen and oxygen atoms in total. The van der Waals surface area contributed by atoms with Crippen LogP contribution in [0.2, 0.25) is 0 Å². The number of nitrogens with zero attached hydrogens (tertiary/aromatic N) is 2. The highest BCUT2D eigenvalue weighted by Crippen LogP contribution is 2.36. The van der Waals surface area contributed by atoms with Crippen LogP contribution in [0.5, 0.6) is 0 Å². The molecule has 0 bridgehead atoms. The molecule has 1 aliphatic rings. The van der Waals surface area contributed by atoms with Gasteiger partial charge in [0.05, 0.1) is 46.3 Å². The van der Waals surface area contributed by atoms with E-state index in [1.165, 1.54) is 4.57 Å². The summed E-state index contributed by atoms with van der Waals surface area (Å²) in [5, 5.41) is 6.24. The number of carbonyl (C=O) groups excluding carboxylic acids is 1. The normalized spacial score (nSPS) is 15.4. The Morgan fingerprint density at radius 2 is 2.15 bits per heavy atom. The Bertz CT molecular complexity index is 1090. The summed E-state index contributed by atoms with van der Waals surface area (Å²) in [6, 6.07) is 13.2. The first kappa shape index (κ1) is 17.7. The quantitative estimate of drug-likeness (QED) is 0.438. The van der Waals surface area contributed by atoms with Crippen LogP contribution in [0.3, 0.4) is 0 Å². The average molecular weight is 476 g/mol. The predicted molar refractivity (Wildman–Crippen MR) is 114 cm³/mol. The molecule has 8 heteroatoms. The standard InChI is InChI=1S/C19H17IN4O3/c1-2-12-7-8-16-15(9-12)23(19(26)27-16)11-18(25)21-10-17-22-13-5-3-4-6-14(13)24(17)20/h2-9,17,22H,1,10-11H2,(H,21,25). The Morgan fingerprint density at radius 1 is 1.33 bits per heavy atom. The Balaban J connectivity index is 1.45. The lowest BCUT2D eigenvalue weighted by atomic mass is 10.2. The molecule has 1 amide bonds. The maximum atomic E-state index is 12.4. The second-order valence-corrected chi connectivity index (χ2v) is 7.22. The number of aromatic nitrogens is 1. The van der Waals surface area contributed by atoms with Crippen molar-refractivity contribution in [3.05, 3.63) is 65.2 Å². The lowest BCUT2D eigenvalue weighted by Gasteiger charge is -2.20. The molecule has 0 fully saturated rings. The van der Waals surface area contributed by atoms with Crippen molar-refractivity contribution in [3.8, 4) is 0 Å². The third-order valence-corrected chi connectivity index (χ3v) is 5.64. The predicted octanol–water partition coefficient (Wildman–Crippen LogP) is 2.96. The van der Waals surface area contributed by atoms with E-state index in [-0.39, 0.29) is 18.6 Å². The number of halogens is 1. The fraction of sp³-hybridized carbons (Fsp3) is 0.158. The molecular formula is C19H17IN4O3. The second kappa shape index (κ2) is 7.10. The van der Waals surface area contributed by atoms with Gasteiger partial charge < -0.3 is 15.1 Å². The number of anilines is 2. The summed E-state index contributed by atoms with van der Waals surface area (Å²) in [6.07, 6.45) is 1.62. The molecule has 1 aliphatic heterocycles. The van der Waals surface area contributed by atoms with E-state index in [2.05, 4.69) is 40.1 Å². The van der Waals surface area contributed by atoms with Crippen molar-refractivity contribution in [2.24, 2.45) is 0 Å². The van der Waals surface area contributed by atoms with E-state index >= 15 is 0 Å². The lowest BCUT2D eigenvalue weighted by Crippen LogP contribution is -2.42. The zero-order valence-electron chi connectivity index (χ0n) is 14.3. The highest BCUT2D eigenvalue weighted by atomic mass is 127. The van der Waals surface area contributed by atoms with Crippen LogP contribution in [0.4, 0.5) is 11.4 Å². The van der Waals surface area contributed by atoms with E-state index in [0.29, 0.717) is 17.6 Å². The van der Waals surface area contributed by atoms with Gasteiger partial charge in [0.25, 0.3) is 0 Å². The highest BCUT2D eigenvalue weighted by molar-refractivity contribution is 14.1. The number of carbonyl (C=O) groups is 1. The molecule has 1 unspecified atom stereocenters. The Labute approximate surface area is 169 Å². The molecule has 0 saturated carbocycles. The molecular weight excluding hydrogens is 459 g/mol. The number of oxazole rings is 1. The number of hydrogen-bond donors (Lipinski definition) is 2. The number of rotatable bonds is 5. The van der Waals surface area contributed by atoms with E-state index in [9.17, 15) is 9.59 Å². The van der Waals surface area contributed by atoms with Gasteiger partial charge in [-0.3, -0.25) is 12.5 Å². The van der Waals surface area contributed by atoms with Crippen LogP contribution in [0.1, 0.15) is 5.56 Å². The van der Waals surface area contributed by atoms with E-state index in [0.717, 1.165) is 16.9 Å². The Morgan fingerprint density at radius 3 is 2.93 bits per heavy atom. The lowest BCUT2D eigenvalue weighted by molar-refractivity contribution is -0.121. The zero-order chi connectivity index (χ0) is 19.0. The largest absolute Gasteiger partial charge is 0.420 e. The van der Waals surface area contributed by atoms with Crippen molar-refractivity contribution in [2.45, 2.75) is 12.7 Å². The summed E-state index contributed by atoms with van der Waals surface area (Å²) >= 11 is 2.22. The van der Waals surface area contributed by atoms with Gasteiger partial charge in [-0.2, -0.15) is 0 Å². The van der Waals surface area contributed by atoms with Gasteiger partial charge in [0.2, 0.25) is 5.91 Å². The number of para-hydroxylation sites is 2. The van der Waals surface area contributed by atoms with Gasteiger partial charge in [-0.05, 0) is 29.8 Å². The minimum Gasteiger partial charge on any atom is -0.408 e. The molecule has 0 radical (unpaired) electrons. The van der Waals surface area contributed by atoms with Crippen LogP contribution in [0.15, 0.2) is 58.3 Å². The van der Waals surface area contributed by atoms with Crippen molar-refractivity contribution >= 4 is 57.3 Å². The SMILES string of the molecule is C=Cc1ccc2oc(=O)n(CC(=O)NCC3Nc4ccccc4N3I)c2c1. The van der Waals surface area contributed by atoms with Crippen LogP contribution in [0.25, 0.3) is 17.2 Å². The minimum atomic E-state index is -0.553. The molecule has 27 heavy (non-hydrogen) atoms. The third-order valence-electron chi connectivity index (χ3n) is 4.45. The molecule has 138 valence electrons. The summed E-state index contributed by atoms with van der Waals surface area (Å²) in [4.78, 5) is 24.5. The summed E-state index contributed by atoms with van der Waals surface area (Å²) in [6.45, 7) is 4.02. The summed E-state index contributed by atoms with van der Waals surface area (Å²) in [7, 11) is 0. The number of fused-ring (bicyclic) bond motifs is 2. The molecule has 2 N–H and O–H groups in total. The molecule has 0 aliphatic carbocycles. The monoisotopic (exact) mass is 476 g/mol. The topological polar surface area (TPSA) is 79.5 Å². The van der Waals surface area contributed by atoms with Gasteiger partial charge in [0, 0.05) is 0 Å². The molecule has 2 aromatic carbocycles. The molecule has 3 aromatic rings. The number of nitrogens with one attached hydrogen (secondary N) is 2. The van der Waals surface area contributed by atoms with E-state index in [4.69, 9.17) is 4.42 Å². The molecule has 1 aromatic heterocycles. The van der Waals surface area contributed by atoms with Gasteiger partial charge in [-0.1, -0.05) is 30.9 Å². The van der Waals surface area contributed by atoms with Crippen molar-refractivity contribution in [2.75, 3.05) is 15.0 Å². The molecule has 1 atom stereocenters. The van der Waals surface area contributed by atoms with Gasteiger partial charge in [0.15, 0.2) is 5.58 Å². The minimum absolute atomic E-state index is 0.0582. The summed E-state index contributed by atoms with van der Waals surface area (Å²) in [5.41, 5.74) is 3.98. The van der Waals surface area contributed by atoms with Crippen LogP contribution >= 0.6 is 22.9 Å². The van der Waals surface area contributed by atoms with E-state index in [1.54, 1.807) is 24.3 Å². The maximum absolute atomic E-state index is 12.4. The van der Waals surface area contributed by atoms with Crippen LogP contribution < -0.4 is 19.5 Å². The second-order valence-electron chi connectivity index (χ2n) is 6.18. The number of benzene rings is 2. The Kier molecular flexibility index (Phi) is 4.65. The highest BCUT2D eigenvalue weighted by Gasteiger charge is 2.27. The smallest absolute Gasteiger partial charge is 0.408 e. The fourth-order valence-corrected chi connectivity index (χ4v) is 3.84. The number of amides is 1. The summed E-state index contributed by atoms with van der Waals surface area (Å²) in [5.74, 6) is -0.811. The van der Waals surface area contributed by atoms with Gasteiger partial charge in [-0.25, -0.2) is 4.79 Å². The van der Waals surface area contributed by atoms with Crippen molar-refractivity contribution in [3.63, 3.8) is 0 Å².